The Morgan fingerprint density at radius 1 is 1.45 bits per heavy atom. The van der Waals surface area contributed by atoms with E-state index in [0.29, 0.717) is 0 Å². The Morgan fingerprint density at radius 2 is 2.18 bits per heavy atom. The Morgan fingerprint density at radius 3 is 2.64 bits per heavy atom. The molecule has 62 valence electrons. The molecule has 0 saturated carbocycles. The van der Waals surface area contributed by atoms with Gasteiger partial charge in [0.1, 0.15) is 11.6 Å². The average Bonchev–Trinajstić information content (AvgIpc) is 2.31. The smallest absolute Gasteiger partial charge is 0.134 e. The highest BCUT2D eigenvalue weighted by Crippen LogP contribution is 1.96. The fourth-order valence-corrected chi connectivity index (χ4v) is 0.906. The van der Waals surface area contributed by atoms with Gasteiger partial charge in [0.2, 0.25) is 0 Å². The lowest BCUT2D eigenvalue weighted by Gasteiger charge is -1.99. The summed E-state index contributed by atoms with van der Waals surface area (Å²) < 4.78 is 2.01. The third-order valence-corrected chi connectivity index (χ3v) is 1.78. The zero-order valence-corrected chi connectivity index (χ0v) is 7.26. The van der Waals surface area contributed by atoms with Crippen LogP contribution in [0.3, 0.4) is 0 Å². The van der Waals surface area contributed by atoms with E-state index >= 15 is 0 Å². The zero-order valence-electron chi connectivity index (χ0n) is 7.26. The number of likely N-dealkylation sites (N-methyl/N-ethyl adjacent to an activating group) is 1. The number of aromatic nitrogens is 3. The van der Waals surface area contributed by atoms with Crippen LogP contribution in [-0.2, 0) is 13.5 Å². The normalized spacial score (nSPS) is 10.5. The first-order valence-electron chi connectivity index (χ1n) is 3.75. The maximum absolute atomic E-state index is 4.03. The minimum atomic E-state index is 0.938. The highest BCUT2D eigenvalue weighted by atomic mass is 15.3. The van der Waals surface area contributed by atoms with E-state index in [2.05, 4.69) is 15.5 Å². The Kier molecular flexibility index (Phi) is 2.59. The largest absolute Gasteiger partial charge is 0.319 e. The molecule has 0 aromatic carbocycles. The molecule has 0 spiro atoms. The van der Waals surface area contributed by atoms with Gasteiger partial charge in [0.05, 0.1) is 0 Å². The van der Waals surface area contributed by atoms with Crippen LogP contribution in [0.25, 0.3) is 0 Å². The van der Waals surface area contributed by atoms with Crippen LogP contribution in [0.1, 0.15) is 11.6 Å². The molecule has 0 aliphatic carbocycles. The minimum Gasteiger partial charge on any atom is -0.319 e. The van der Waals surface area contributed by atoms with Crippen LogP contribution in [-0.4, -0.2) is 28.4 Å². The summed E-state index contributed by atoms with van der Waals surface area (Å²) in [5.41, 5.74) is 0. The number of rotatable bonds is 3. The van der Waals surface area contributed by atoms with Crippen LogP contribution in [0.5, 0.6) is 0 Å². The van der Waals surface area contributed by atoms with Gasteiger partial charge in [-0.05, 0) is 14.0 Å². The van der Waals surface area contributed by atoms with Crippen molar-refractivity contribution in [1.82, 2.24) is 20.1 Å². The summed E-state index contributed by atoms with van der Waals surface area (Å²) in [6, 6.07) is 0. The maximum Gasteiger partial charge on any atom is 0.134 e. The van der Waals surface area contributed by atoms with Gasteiger partial charge in [-0.3, -0.25) is 0 Å². The highest BCUT2D eigenvalue weighted by Gasteiger charge is 2.02. The number of nitrogens with zero attached hydrogens (tertiary/aromatic N) is 3. The summed E-state index contributed by atoms with van der Waals surface area (Å²) in [6.45, 7) is 2.90. The first-order valence-corrected chi connectivity index (χ1v) is 3.75. The Hall–Kier alpha value is -0.900. The van der Waals surface area contributed by atoms with E-state index in [1.54, 1.807) is 0 Å². The van der Waals surface area contributed by atoms with E-state index in [0.717, 1.165) is 24.6 Å². The van der Waals surface area contributed by atoms with Crippen molar-refractivity contribution in [2.45, 2.75) is 13.3 Å². The summed E-state index contributed by atoms with van der Waals surface area (Å²) in [5.74, 6) is 2.01. The van der Waals surface area contributed by atoms with Crippen LogP contribution in [0.15, 0.2) is 0 Å². The molecule has 4 heteroatoms. The van der Waals surface area contributed by atoms with Gasteiger partial charge in [-0.25, -0.2) is 0 Å². The van der Waals surface area contributed by atoms with Crippen molar-refractivity contribution in [3.63, 3.8) is 0 Å². The van der Waals surface area contributed by atoms with Crippen molar-refractivity contribution in [3.05, 3.63) is 11.6 Å². The predicted octanol–water partition coefficient (Wildman–Crippen LogP) is -0.115. The summed E-state index contributed by atoms with van der Waals surface area (Å²) in [6.07, 6.45) is 0.938. The third-order valence-electron chi connectivity index (χ3n) is 1.78. The molecule has 0 radical (unpaired) electrons. The van der Waals surface area contributed by atoms with Gasteiger partial charge in [-0.15, -0.1) is 10.2 Å². The van der Waals surface area contributed by atoms with Crippen molar-refractivity contribution >= 4 is 0 Å². The van der Waals surface area contributed by atoms with Gasteiger partial charge in [0, 0.05) is 20.0 Å². The lowest BCUT2D eigenvalue weighted by Crippen LogP contribution is -2.13. The number of nitrogens with one attached hydrogen (secondary N) is 1. The number of aryl methyl sites for hydroxylation is 1. The summed E-state index contributed by atoms with van der Waals surface area (Å²) in [5, 5.41) is 11.1. The molecule has 0 aliphatic rings. The lowest BCUT2D eigenvalue weighted by atomic mass is 10.4. The SMILES string of the molecule is CNCCc1nnc(C)n1C. The fraction of sp³-hybridized carbons (Fsp3) is 0.714. The topological polar surface area (TPSA) is 42.7 Å². The second-order valence-corrected chi connectivity index (χ2v) is 2.58. The highest BCUT2D eigenvalue weighted by molar-refractivity contribution is 4.92. The first-order chi connectivity index (χ1) is 5.25. The van der Waals surface area contributed by atoms with Gasteiger partial charge >= 0.3 is 0 Å². The molecule has 1 aromatic heterocycles. The third kappa shape index (κ3) is 1.77. The molecule has 0 unspecified atom stereocenters. The van der Waals surface area contributed by atoms with Crippen LogP contribution < -0.4 is 5.32 Å². The molecular weight excluding hydrogens is 140 g/mol. The quantitative estimate of drug-likeness (QED) is 0.660. The van der Waals surface area contributed by atoms with Crippen molar-refractivity contribution in [1.29, 1.82) is 0 Å². The van der Waals surface area contributed by atoms with Crippen LogP contribution in [0.2, 0.25) is 0 Å². The Balaban J connectivity index is 2.63. The van der Waals surface area contributed by atoms with Crippen molar-refractivity contribution in [3.8, 4) is 0 Å². The molecule has 0 aliphatic heterocycles. The molecule has 1 N–H and O–H groups in total. The molecule has 11 heavy (non-hydrogen) atoms. The predicted molar refractivity (Wildman–Crippen MR) is 43.4 cm³/mol. The number of hydrogen-bond donors (Lipinski definition) is 1. The van der Waals surface area contributed by atoms with Crippen molar-refractivity contribution in [2.24, 2.45) is 7.05 Å². The first kappa shape index (κ1) is 8.20. The van der Waals surface area contributed by atoms with Gasteiger partial charge in [-0.1, -0.05) is 0 Å². The van der Waals surface area contributed by atoms with Crippen LogP contribution in [0.4, 0.5) is 0 Å². The summed E-state index contributed by atoms with van der Waals surface area (Å²) in [4.78, 5) is 0. The molecule has 1 aromatic rings. The van der Waals surface area contributed by atoms with Crippen LogP contribution >= 0.6 is 0 Å². The van der Waals surface area contributed by atoms with Crippen molar-refractivity contribution < 1.29 is 0 Å². The average molecular weight is 154 g/mol. The molecule has 0 atom stereocenters. The van der Waals surface area contributed by atoms with Crippen molar-refractivity contribution in [2.75, 3.05) is 13.6 Å². The van der Waals surface area contributed by atoms with Gasteiger partial charge < -0.3 is 9.88 Å². The molecule has 1 rings (SSSR count). The van der Waals surface area contributed by atoms with E-state index in [-0.39, 0.29) is 0 Å². The zero-order chi connectivity index (χ0) is 8.27. The molecule has 4 nitrogen and oxygen atoms in total. The van der Waals surface area contributed by atoms with E-state index in [1.165, 1.54) is 0 Å². The number of hydrogen-bond acceptors (Lipinski definition) is 3. The summed E-state index contributed by atoms with van der Waals surface area (Å²) in [7, 11) is 3.92. The van der Waals surface area contributed by atoms with E-state index in [9.17, 15) is 0 Å². The van der Waals surface area contributed by atoms with Crippen LogP contribution in [0, 0.1) is 6.92 Å². The molecular formula is C7H14N4. The molecule has 0 bridgehead atoms. The van der Waals surface area contributed by atoms with E-state index in [1.807, 2.05) is 25.6 Å². The Bertz CT molecular complexity index is 228. The van der Waals surface area contributed by atoms with Gasteiger partial charge in [0.25, 0.3) is 0 Å². The van der Waals surface area contributed by atoms with E-state index in [4.69, 9.17) is 0 Å². The maximum atomic E-state index is 4.03. The molecule has 1 heterocycles. The molecule has 0 fully saturated rings. The monoisotopic (exact) mass is 154 g/mol. The molecule has 0 saturated heterocycles. The lowest BCUT2D eigenvalue weighted by molar-refractivity contribution is 0.710. The van der Waals surface area contributed by atoms with Gasteiger partial charge in [-0.2, -0.15) is 0 Å². The second-order valence-electron chi connectivity index (χ2n) is 2.58. The fourth-order valence-electron chi connectivity index (χ4n) is 0.906. The van der Waals surface area contributed by atoms with Gasteiger partial charge in [0.15, 0.2) is 0 Å². The molecule has 0 amide bonds. The summed E-state index contributed by atoms with van der Waals surface area (Å²) >= 11 is 0. The Labute approximate surface area is 66.6 Å². The second kappa shape index (κ2) is 3.48. The standard InChI is InChI=1S/C7H14N4/c1-6-9-10-7(11(6)3)4-5-8-2/h8H,4-5H2,1-3H3. The van der Waals surface area contributed by atoms with E-state index < -0.39 is 0 Å². The minimum absolute atomic E-state index is 0.938.